The van der Waals surface area contributed by atoms with Gasteiger partial charge in [-0.15, -0.1) is 0 Å². The molecule has 0 unspecified atom stereocenters. The first-order chi connectivity index (χ1) is 10.2. The van der Waals surface area contributed by atoms with Crippen molar-refractivity contribution in [3.8, 4) is 17.0 Å². The number of hydrogen-bond acceptors (Lipinski definition) is 4. The van der Waals surface area contributed by atoms with E-state index in [4.69, 9.17) is 0 Å². The molecule has 102 valence electrons. The third-order valence-electron chi connectivity index (χ3n) is 3.44. The average Bonchev–Trinajstić information content (AvgIpc) is 2.92. The van der Waals surface area contributed by atoms with Gasteiger partial charge in [0.1, 0.15) is 16.9 Å². The van der Waals surface area contributed by atoms with Crippen LogP contribution in [0.5, 0.6) is 5.75 Å². The summed E-state index contributed by atoms with van der Waals surface area (Å²) in [4.78, 5) is 22.7. The van der Waals surface area contributed by atoms with Crippen LogP contribution < -0.4 is 5.56 Å². The molecule has 0 aliphatic rings. The highest BCUT2D eigenvalue weighted by Gasteiger charge is 2.11. The van der Waals surface area contributed by atoms with Crippen molar-refractivity contribution in [2.24, 2.45) is 0 Å². The SMILES string of the molecule is O=c1[nH]cnc2c(O)cc(-c3cnc4ccccn34)cc12. The van der Waals surface area contributed by atoms with Crippen LogP contribution in [0.15, 0.2) is 53.8 Å². The van der Waals surface area contributed by atoms with Crippen molar-refractivity contribution in [2.45, 2.75) is 0 Å². The van der Waals surface area contributed by atoms with E-state index in [1.807, 2.05) is 28.8 Å². The van der Waals surface area contributed by atoms with Crippen molar-refractivity contribution >= 4 is 16.6 Å². The third-order valence-corrected chi connectivity index (χ3v) is 3.44. The fraction of sp³-hybridized carbons (Fsp3) is 0. The lowest BCUT2D eigenvalue weighted by molar-refractivity contribution is 0.480. The van der Waals surface area contributed by atoms with Crippen molar-refractivity contribution in [1.29, 1.82) is 0 Å². The Bertz CT molecular complexity index is 1030. The molecule has 0 saturated carbocycles. The first-order valence-corrected chi connectivity index (χ1v) is 6.37. The molecule has 0 atom stereocenters. The maximum absolute atomic E-state index is 11.9. The Balaban J connectivity index is 2.07. The zero-order valence-electron chi connectivity index (χ0n) is 10.8. The van der Waals surface area contributed by atoms with Crippen LogP contribution in [0.2, 0.25) is 0 Å². The molecule has 0 radical (unpaired) electrons. The summed E-state index contributed by atoms with van der Waals surface area (Å²) in [6, 6.07) is 8.98. The van der Waals surface area contributed by atoms with Gasteiger partial charge >= 0.3 is 0 Å². The highest BCUT2D eigenvalue weighted by molar-refractivity contribution is 5.88. The molecule has 0 amide bonds. The van der Waals surface area contributed by atoms with E-state index in [0.717, 1.165) is 11.3 Å². The Hall–Kier alpha value is -3.15. The standard InChI is InChI=1S/C15H10N4O2/c20-12-6-9(5-10-14(12)17-8-18-15(10)21)11-7-16-13-3-1-2-4-19(11)13/h1-8,20H,(H,17,18,21). The molecule has 3 heterocycles. The number of fused-ring (bicyclic) bond motifs is 2. The maximum atomic E-state index is 11.9. The van der Waals surface area contributed by atoms with E-state index >= 15 is 0 Å². The summed E-state index contributed by atoms with van der Waals surface area (Å²) in [5, 5.41) is 10.4. The molecule has 0 fully saturated rings. The van der Waals surface area contributed by atoms with Gasteiger partial charge in [0, 0.05) is 11.8 Å². The van der Waals surface area contributed by atoms with Gasteiger partial charge in [0.25, 0.3) is 5.56 Å². The quantitative estimate of drug-likeness (QED) is 0.557. The summed E-state index contributed by atoms with van der Waals surface area (Å²) in [5.41, 5.74) is 2.30. The van der Waals surface area contributed by atoms with Gasteiger partial charge in [0.05, 0.1) is 23.6 Å². The number of nitrogens with one attached hydrogen (secondary N) is 1. The van der Waals surface area contributed by atoms with Crippen LogP contribution in [-0.4, -0.2) is 24.5 Å². The van der Waals surface area contributed by atoms with Crippen LogP contribution in [0.25, 0.3) is 27.8 Å². The van der Waals surface area contributed by atoms with Crippen LogP contribution in [0.1, 0.15) is 0 Å². The van der Waals surface area contributed by atoms with E-state index in [9.17, 15) is 9.90 Å². The number of aromatic amines is 1. The lowest BCUT2D eigenvalue weighted by atomic mass is 10.1. The van der Waals surface area contributed by atoms with Crippen molar-refractivity contribution in [3.63, 3.8) is 0 Å². The molecule has 3 aromatic heterocycles. The van der Waals surface area contributed by atoms with Gasteiger partial charge < -0.3 is 10.1 Å². The van der Waals surface area contributed by atoms with Crippen LogP contribution in [0, 0.1) is 0 Å². The van der Waals surface area contributed by atoms with Gasteiger partial charge in [-0.25, -0.2) is 9.97 Å². The predicted octanol–water partition coefficient (Wildman–Crippen LogP) is 1.94. The Morgan fingerprint density at radius 2 is 2.10 bits per heavy atom. The molecule has 4 aromatic rings. The number of benzene rings is 1. The second-order valence-corrected chi connectivity index (χ2v) is 4.70. The second-order valence-electron chi connectivity index (χ2n) is 4.70. The number of aromatic hydroxyl groups is 1. The fourth-order valence-corrected chi connectivity index (χ4v) is 2.46. The van der Waals surface area contributed by atoms with E-state index in [1.54, 1.807) is 18.3 Å². The fourth-order valence-electron chi connectivity index (χ4n) is 2.46. The molecular formula is C15H10N4O2. The lowest BCUT2D eigenvalue weighted by Crippen LogP contribution is -2.06. The smallest absolute Gasteiger partial charge is 0.258 e. The topological polar surface area (TPSA) is 83.3 Å². The number of pyridine rings is 1. The van der Waals surface area contributed by atoms with Crippen LogP contribution >= 0.6 is 0 Å². The summed E-state index contributed by atoms with van der Waals surface area (Å²) < 4.78 is 1.89. The first kappa shape index (κ1) is 11.7. The highest BCUT2D eigenvalue weighted by Crippen LogP contribution is 2.29. The number of nitrogens with zero attached hydrogens (tertiary/aromatic N) is 3. The Morgan fingerprint density at radius 3 is 3.00 bits per heavy atom. The van der Waals surface area contributed by atoms with Gasteiger partial charge in [0.2, 0.25) is 0 Å². The van der Waals surface area contributed by atoms with Crippen LogP contribution in [0.3, 0.4) is 0 Å². The average molecular weight is 278 g/mol. The Labute approximate surface area is 118 Å². The zero-order chi connectivity index (χ0) is 14.4. The third kappa shape index (κ3) is 1.69. The summed E-state index contributed by atoms with van der Waals surface area (Å²) in [6.07, 6.45) is 4.87. The monoisotopic (exact) mass is 278 g/mol. The minimum atomic E-state index is -0.286. The molecule has 0 bridgehead atoms. The predicted molar refractivity (Wildman–Crippen MR) is 78.2 cm³/mol. The number of phenolic OH excluding ortho intramolecular Hbond substituents is 1. The van der Waals surface area contributed by atoms with Gasteiger partial charge in [-0.2, -0.15) is 0 Å². The van der Waals surface area contributed by atoms with Crippen LogP contribution in [0.4, 0.5) is 0 Å². The highest BCUT2D eigenvalue weighted by atomic mass is 16.3. The largest absolute Gasteiger partial charge is 0.506 e. The number of hydrogen-bond donors (Lipinski definition) is 2. The summed E-state index contributed by atoms with van der Waals surface area (Å²) in [5.74, 6) is -0.0283. The number of rotatable bonds is 1. The second kappa shape index (κ2) is 4.17. The lowest BCUT2D eigenvalue weighted by Gasteiger charge is -2.05. The van der Waals surface area contributed by atoms with Crippen molar-refractivity contribution in [1.82, 2.24) is 19.4 Å². The van der Waals surface area contributed by atoms with Gasteiger partial charge in [-0.3, -0.25) is 9.20 Å². The summed E-state index contributed by atoms with van der Waals surface area (Å²) in [6.45, 7) is 0. The molecule has 6 heteroatoms. The molecule has 0 aliphatic heterocycles. The van der Waals surface area contributed by atoms with Crippen molar-refractivity contribution in [3.05, 3.63) is 59.4 Å². The number of phenols is 1. The van der Waals surface area contributed by atoms with E-state index in [-0.39, 0.29) is 16.8 Å². The van der Waals surface area contributed by atoms with Crippen molar-refractivity contribution < 1.29 is 5.11 Å². The summed E-state index contributed by atoms with van der Waals surface area (Å²) >= 11 is 0. The molecule has 0 aliphatic carbocycles. The Kier molecular flexibility index (Phi) is 2.32. The molecule has 21 heavy (non-hydrogen) atoms. The summed E-state index contributed by atoms with van der Waals surface area (Å²) in [7, 11) is 0. The molecule has 0 saturated heterocycles. The minimum Gasteiger partial charge on any atom is -0.506 e. The van der Waals surface area contributed by atoms with Gasteiger partial charge in [0.15, 0.2) is 0 Å². The van der Waals surface area contributed by atoms with E-state index in [0.29, 0.717) is 10.9 Å². The van der Waals surface area contributed by atoms with E-state index in [1.165, 1.54) is 6.33 Å². The van der Waals surface area contributed by atoms with Crippen LogP contribution in [-0.2, 0) is 0 Å². The number of aromatic nitrogens is 4. The molecule has 0 spiro atoms. The zero-order valence-corrected chi connectivity index (χ0v) is 10.8. The molecule has 2 N–H and O–H groups in total. The maximum Gasteiger partial charge on any atom is 0.258 e. The molecule has 4 rings (SSSR count). The number of imidazole rings is 1. The van der Waals surface area contributed by atoms with E-state index in [2.05, 4.69) is 15.0 Å². The molecular weight excluding hydrogens is 268 g/mol. The minimum absolute atomic E-state index is 0.0283. The normalized spacial score (nSPS) is 11.2. The number of H-pyrrole nitrogens is 1. The van der Waals surface area contributed by atoms with Crippen molar-refractivity contribution in [2.75, 3.05) is 0 Å². The van der Waals surface area contributed by atoms with Gasteiger partial charge in [-0.05, 0) is 24.3 Å². The molecule has 6 nitrogen and oxygen atoms in total. The Morgan fingerprint density at radius 1 is 1.19 bits per heavy atom. The van der Waals surface area contributed by atoms with E-state index < -0.39 is 0 Å². The van der Waals surface area contributed by atoms with Gasteiger partial charge in [-0.1, -0.05) is 6.07 Å². The first-order valence-electron chi connectivity index (χ1n) is 6.37. The molecule has 1 aromatic carbocycles.